The molecule has 4 rings (SSSR count). The van der Waals surface area contributed by atoms with Crippen LogP contribution in [0.4, 0.5) is 0 Å². The van der Waals surface area contributed by atoms with Gasteiger partial charge in [0.2, 0.25) is 0 Å². The maximum atomic E-state index is 12.5. The summed E-state index contributed by atoms with van der Waals surface area (Å²) in [5.74, 6) is 0.871. The van der Waals surface area contributed by atoms with Crippen LogP contribution in [0.15, 0.2) is 75.2 Å². The molecule has 4 nitrogen and oxygen atoms in total. The molecule has 0 atom stereocenters. The molecule has 0 spiro atoms. The minimum Gasteiger partial charge on any atom is -0.422 e. The standard InChI is InChI=1S/C20H15ClN2O2S/c1-2-26-20-22-17(12-23(20)15-9-7-14(21)8-10-15)16-11-13-5-3-4-6-18(13)25-19(16)24/h3-12H,2H2,1H3. The first-order chi connectivity index (χ1) is 12.7. The zero-order chi connectivity index (χ0) is 18.1. The number of benzene rings is 2. The van der Waals surface area contributed by atoms with Crippen LogP contribution in [-0.4, -0.2) is 15.3 Å². The van der Waals surface area contributed by atoms with Crippen molar-refractivity contribution in [2.45, 2.75) is 12.1 Å². The Balaban J connectivity index is 1.87. The average molecular weight is 383 g/mol. The molecule has 0 amide bonds. The fraction of sp³-hybridized carbons (Fsp3) is 0.100. The maximum absolute atomic E-state index is 12.5. The van der Waals surface area contributed by atoms with Crippen molar-refractivity contribution >= 4 is 34.3 Å². The van der Waals surface area contributed by atoms with Crippen LogP contribution in [0.2, 0.25) is 5.02 Å². The third kappa shape index (κ3) is 3.16. The van der Waals surface area contributed by atoms with Crippen LogP contribution >= 0.6 is 23.4 Å². The fourth-order valence-electron chi connectivity index (χ4n) is 2.75. The van der Waals surface area contributed by atoms with Crippen molar-refractivity contribution in [1.29, 1.82) is 0 Å². The molecular weight excluding hydrogens is 368 g/mol. The van der Waals surface area contributed by atoms with E-state index < -0.39 is 5.63 Å². The van der Waals surface area contributed by atoms with Crippen molar-refractivity contribution in [1.82, 2.24) is 9.55 Å². The van der Waals surface area contributed by atoms with Gasteiger partial charge >= 0.3 is 5.63 Å². The van der Waals surface area contributed by atoms with Gasteiger partial charge in [0.1, 0.15) is 5.58 Å². The zero-order valence-electron chi connectivity index (χ0n) is 14.0. The van der Waals surface area contributed by atoms with Gasteiger partial charge < -0.3 is 4.42 Å². The van der Waals surface area contributed by atoms with Gasteiger partial charge in [-0.05, 0) is 42.2 Å². The largest absolute Gasteiger partial charge is 0.422 e. The lowest BCUT2D eigenvalue weighted by Gasteiger charge is -2.06. The Kier molecular flexibility index (Phi) is 4.57. The van der Waals surface area contributed by atoms with E-state index >= 15 is 0 Å². The summed E-state index contributed by atoms with van der Waals surface area (Å²) in [6.45, 7) is 2.07. The van der Waals surface area contributed by atoms with Gasteiger partial charge in [-0.3, -0.25) is 4.57 Å². The topological polar surface area (TPSA) is 48.0 Å². The Morgan fingerprint density at radius 2 is 1.92 bits per heavy atom. The summed E-state index contributed by atoms with van der Waals surface area (Å²) in [4.78, 5) is 17.1. The molecule has 130 valence electrons. The smallest absolute Gasteiger partial charge is 0.345 e. The van der Waals surface area contributed by atoms with Gasteiger partial charge in [0.15, 0.2) is 5.16 Å². The molecule has 0 fully saturated rings. The number of thioether (sulfide) groups is 1. The minimum atomic E-state index is -0.391. The summed E-state index contributed by atoms with van der Waals surface area (Å²) in [5, 5.41) is 2.36. The van der Waals surface area contributed by atoms with Gasteiger partial charge in [-0.15, -0.1) is 0 Å². The SMILES string of the molecule is CCSc1nc(-c2cc3ccccc3oc2=O)cn1-c1ccc(Cl)cc1. The second-order valence-corrected chi connectivity index (χ2v) is 7.34. The highest BCUT2D eigenvalue weighted by atomic mass is 35.5. The van der Waals surface area contributed by atoms with Crippen LogP contribution in [0.25, 0.3) is 27.9 Å². The van der Waals surface area contributed by atoms with Gasteiger partial charge in [0.25, 0.3) is 0 Å². The van der Waals surface area contributed by atoms with Crippen molar-refractivity contribution in [3.63, 3.8) is 0 Å². The number of rotatable bonds is 4. The highest BCUT2D eigenvalue weighted by Gasteiger charge is 2.15. The fourth-order valence-corrected chi connectivity index (χ4v) is 3.60. The van der Waals surface area contributed by atoms with E-state index in [2.05, 4.69) is 11.9 Å². The molecule has 2 heterocycles. The minimum absolute atomic E-state index is 0.391. The maximum Gasteiger partial charge on any atom is 0.345 e. The van der Waals surface area contributed by atoms with E-state index in [1.54, 1.807) is 17.8 Å². The van der Waals surface area contributed by atoms with Crippen LogP contribution in [0.5, 0.6) is 0 Å². The molecule has 0 aliphatic carbocycles. The Hall–Kier alpha value is -2.50. The molecule has 0 aliphatic rings. The highest BCUT2D eigenvalue weighted by Crippen LogP contribution is 2.27. The molecule has 4 aromatic rings. The number of aromatic nitrogens is 2. The second kappa shape index (κ2) is 7.02. The number of halogens is 1. The molecule has 0 bridgehead atoms. The molecule has 0 radical (unpaired) electrons. The quantitative estimate of drug-likeness (QED) is 0.349. The first kappa shape index (κ1) is 16.9. The highest BCUT2D eigenvalue weighted by molar-refractivity contribution is 7.99. The molecular formula is C20H15ClN2O2S. The van der Waals surface area contributed by atoms with Crippen LogP contribution in [0.3, 0.4) is 0 Å². The van der Waals surface area contributed by atoms with Crippen molar-refractivity contribution in [2.75, 3.05) is 5.75 Å². The number of nitrogens with zero attached hydrogens (tertiary/aromatic N) is 2. The first-order valence-electron chi connectivity index (χ1n) is 8.17. The lowest BCUT2D eigenvalue weighted by Crippen LogP contribution is -2.02. The monoisotopic (exact) mass is 382 g/mol. The molecule has 6 heteroatoms. The lowest BCUT2D eigenvalue weighted by atomic mass is 10.1. The lowest BCUT2D eigenvalue weighted by molar-refractivity contribution is 0.563. The Morgan fingerprint density at radius 3 is 2.69 bits per heavy atom. The predicted octanol–water partition coefficient (Wildman–Crippen LogP) is 5.41. The van der Waals surface area contributed by atoms with E-state index in [9.17, 15) is 4.79 Å². The normalized spacial score (nSPS) is 11.2. The third-order valence-electron chi connectivity index (χ3n) is 3.97. The van der Waals surface area contributed by atoms with Crippen molar-refractivity contribution in [3.05, 3.63) is 76.2 Å². The molecule has 2 aromatic carbocycles. The molecule has 26 heavy (non-hydrogen) atoms. The van der Waals surface area contributed by atoms with E-state index in [1.807, 2.05) is 59.3 Å². The average Bonchev–Trinajstić information content (AvgIpc) is 3.06. The summed E-state index contributed by atoms with van der Waals surface area (Å²) in [6, 6.07) is 16.8. The molecule has 0 aliphatic heterocycles. The van der Waals surface area contributed by atoms with Crippen molar-refractivity contribution in [3.8, 4) is 16.9 Å². The van der Waals surface area contributed by atoms with Gasteiger partial charge in [0.05, 0.1) is 11.3 Å². The number of fused-ring (bicyclic) bond motifs is 1. The van der Waals surface area contributed by atoms with Gasteiger partial charge in [-0.25, -0.2) is 9.78 Å². The van der Waals surface area contributed by atoms with E-state index in [4.69, 9.17) is 16.0 Å². The van der Waals surface area contributed by atoms with E-state index in [0.29, 0.717) is 21.9 Å². The van der Waals surface area contributed by atoms with Crippen LogP contribution in [-0.2, 0) is 0 Å². The summed E-state index contributed by atoms with van der Waals surface area (Å²) in [5.41, 5.74) is 2.16. The van der Waals surface area contributed by atoms with Crippen LogP contribution in [0, 0.1) is 0 Å². The Labute approximate surface area is 159 Å². The molecule has 0 saturated carbocycles. The molecule has 2 aromatic heterocycles. The van der Waals surface area contributed by atoms with Crippen molar-refractivity contribution < 1.29 is 4.42 Å². The summed E-state index contributed by atoms with van der Waals surface area (Å²) in [6.07, 6.45) is 1.86. The Bertz CT molecular complexity index is 1130. The Morgan fingerprint density at radius 1 is 1.15 bits per heavy atom. The van der Waals surface area contributed by atoms with E-state index in [-0.39, 0.29) is 0 Å². The van der Waals surface area contributed by atoms with Gasteiger partial charge in [-0.2, -0.15) is 0 Å². The predicted molar refractivity (Wildman–Crippen MR) is 106 cm³/mol. The van der Waals surface area contributed by atoms with Crippen LogP contribution < -0.4 is 5.63 Å². The summed E-state index contributed by atoms with van der Waals surface area (Å²) >= 11 is 7.61. The number of imidazole rings is 1. The summed E-state index contributed by atoms with van der Waals surface area (Å²) in [7, 11) is 0. The zero-order valence-corrected chi connectivity index (χ0v) is 15.6. The first-order valence-corrected chi connectivity index (χ1v) is 9.53. The number of hydrogen-bond donors (Lipinski definition) is 0. The third-order valence-corrected chi connectivity index (χ3v) is 5.06. The van der Waals surface area contributed by atoms with Crippen molar-refractivity contribution in [2.24, 2.45) is 0 Å². The van der Waals surface area contributed by atoms with Gasteiger partial charge in [0, 0.05) is 22.3 Å². The summed E-state index contributed by atoms with van der Waals surface area (Å²) < 4.78 is 7.42. The molecule has 0 N–H and O–H groups in total. The molecule has 0 saturated heterocycles. The van der Waals surface area contributed by atoms with E-state index in [0.717, 1.165) is 22.0 Å². The number of para-hydroxylation sites is 1. The molecule has 0 unspecified atom stereocenters. The van der Waals surface area contributed by atoms with Gasteiger partial charge in [-0.1, -0.05) is 48.5 Å². The number of hydrogen-bond acceptors (Lipinski definition) is 4. The second-order valence-electron chi connectivity index (χ2n) is 5.67. The van der Waals surface area contributed by atoms with Crippen LogP contribution in [0.1, 0.15) is 6.92 Å². The van der Waals surface area contributed by atoms with E-state index in [1.165, 1.54) is 0 Å².